The fourth-order valence-corrected chi connectivity index (χ4v) is 4.91. The molecule has 0 aromatic heterocycles. The summed E-state index contributed by atoms with van der Waals surface area (Å²) in [6, 6.07) is 13.9. The van der Waals surface area contributed by atoms with Crippen LogP contribution in [0, 0.1) is 0 Å². The lowest BCUT2D eigenvalue weighted by atomic mass is 10.1. The topological polar surface area (TPSA) is 68.4 Å². The van der Waals surface area contributed by atoms with Gasteiger partial charge in [-0.25, -0.2) is 0 Å². The van der Waals surface area contributed by atoms with E-state index in [1.165, 1.54) is 6.42 Å². The molecule has 0 aliphatic carbocycles. The predicted octanol–water partition coefficient (Wildman–Crippen LogP) is 4.26. The summed E-state index contributed by atoms with van der Waals surface area (Å²) in [7, 11) is 0. The van der Waals surface area contributed by atoms with Gasteiger partial charge >= 0.3 is 0 Å². The summed E-state index contributed by atoms with van der Waals surface area (Å²) in [6.07, 6.45) is 5.33. The largest absolute Gasteiger partial charge is 0.356 e. The van der Waals surface area contributed by atoms with Crippen molar-refractivity contribution in [3.05, 3.63) is 75.5 Å². The molecule has 2 atom stereocenters. The van der Waals surface area contributed by atoms with Gasteiger partial charge in [0.1, 0.15) is 5.82 Å². The first kappa shape index (κ1) is 24.9. The summed E-state index contributed by atoms with van der Waals surface area (Å²) in [5, 5.41) is 14.9. The number of anilines is 1. The number of halogens is 2. The van der Waals surface area contributed by atoms with Crippen molar-refractivity contribution < 1.29 is 4.79 Å². The summed E-state index contributed by atoms with van der Waals surface area (Å²) in [5.41, 5.74) is 2.57. The zero-order chi connectivity index (χ0) is 23.9. The van der Waals surface area contributed by atoms with E-state index in [9.17, 15) is 4.79 Å². The molecule has 1 unspecified atom stereocenters. The van der Waals surface area contributed by atoms with Gasteiger partial charge in [0.2, 0.25) is 0 Å². The molecule has 4 N–H and O–H groups in total. The van der Waals surface area contributed by atoms with E-state index in [0.29, 0.717) is 40.7 Å². The Labute approximate surface area is 212 Å². The maximum atomic E-state index is 12.6. The van der Waals surface area contributed by atoms with Crippen molar-refractivity contribution in [3.63, 3.8) is 0 Å². The summed E-state index contributed by atoms with van der Waals surface area (Å²) in [5.74, 6) is 1.03. The number of rotatable bonds is 8. The molecule has 2 aromatic rings. The van der Waals surface area contributed by atoms with E-state index in [1.54, 1.807) is 6.07 Å². The molecule has 2 heterocycles. The van der Waals surface area contributed by atoms with Crippen LogP contribution < -0.4 is 21.3 Å². The van der Waals surface area contributed by atoms with Gasteiger partial charge in [0, 0.05) is 59.6 Å². The first-order valence-electron chi connectivity index (χ1n) is 12.0. The number of amides is 1. The van der Waals surface area contributed by atoms with E-state index in [2.05, 4.69) is 39.2 Å². The molecule has 4 rings (SSSR count). The van der Waals surface area contributed by atoms with Gasteiger partial charge in [0.05, 0.1) is 0 Å². The Morgan fingerprint density at radius 1 is 1.15 bits per heavy atom. The average molecular weight is 502 g/mol. The number of benzene rings is 2. The second-order valence-corrected chi connectivity index (χ2v) is 9.84. The molecular formula is C26H33Cl2N5O. The van der Waals surface area contributed by atoms with E-state index in [0.717, 1.165) is 49.7 Å². The van der Waals surface area contributed by atoms with Crippen LogP contribution >= 0.6 is 23.2 Å². The smallest absolute Gasteiger partial charge is 0.251 e. The number of nitrogens with zero attached hydrogens (tertiary/aromatic N) is 1. The number of hydrogen-bond donors (Lipinski definition) is 4. The highest BCUT2D eigenvalue weighted by atomic mass is 35.5. The van der Waals surface area contributed by atoms with Crippen LogP contribution in [0.15, 0.2) is 54.4 Å². The number of carbonyl (C=O) groups is 1. The van der Waals surface area contributed by atoms with Gasteiger partial charge in [0.15, 0.2) is 0 Å². The minimum absolute atomic E-state index is 0.0986. The molecule has 2 fully saturated rings. The molecule has 34 heavy (non-hydrogen) atoms. The highest BCUT2D eigenvalue weighted by molar-refractivity contribution is 6.35. The number of piperazine rings is 1. The molecule has 6 nitrogen and oxygen atoms in total. The third kappa shape index (κ3) is 6.89. The van der Waals surface area contributed by atoms with Crippen LogP contribution in [0.2, 0.25) is 10.0 Å². The molecule has 2 aliphatic heterocycles. The summed E-state index contributed by atoms with van der Waals surface area (Å²) >= 11 is 12.2. The maximum absolute atomic E-state index is 12.6. The lowest BCUT2D eigenvalue weighted by molar-refractivity contribution is 0.0954. The predicted molar refractivity (Wildman–Crippen MR) is 141 cm³/mol. The van der Waals surface area contributed by atoms with Crippen LogP contribution in [0.1, 0.15) is 35.7 Å². The molecule has 0 bridgehead atoms. The number of hydrogen-bond acceptors (Lipinski definition) is 5. The summed E-state index contributed by atoms with van der Waals surface area (Å²) in [4.78, 5) is 15.0. The van der Waals surface area contributed by atoms with Crippen molar-refractivity contribution in [2.45, 2.75) is 38.3 Å². The van der Waals surface area contributed by atoms with Crippen LogP contribution in [-0.2, 0) is 6.42 Å². The van der Waals surface area contributed by atoms with Crippen LogP contribution in [0.3, 0.4) is 0 Å². The van der Waals surface area contributed by atoms with Crippen LogP contribution in [0.25, 0.3) is 0 Å². The van der Waals surface area contributed by atoms with Gasteiger partial charge in [-0.05, 0) is 80.8 Å². The minimum Gasteiger partial charge on any atom is -0.356 e. The number of nitrogens with one attached hydrogen (secondary N) is 4. The van der Waals surface area contributed by atoms with Gasteiger partial charge < -0.3 is 26.2 Å². The first-order chi connectivity index (χ1) is 16.5. The highest BCUT2D eigenvalue weighted by Gasteiger charge is 2.21. The summed E-state index contributed by atoms with van der Waals surface area (Å²) in [6.45, 7) is 6.69. The van der Waals surface area contributed by atoms with Crippen LogP contribution in [0.4, 0.5) is 5.69 Å². The quantitative estimate of drug-likeness (QED) is 0.435. The van der Waals surface area contributed by atoms with E-state index in [1.807, 2.05) is 36.4 Å². The molecule has 2 aliphatic rings. The maximum Gasteiger partial charge on any atom is 0.251 e. The fourth-order valence-electron chi connectivity index (χ4n) is 4.41. The molecule has 8 heteroatoms. The molecule has 0 spiro atoms. The molecule has 1 amide bonds. The molecule has 2 saturated heterocycles. The standard InChI is InChI=1S/C26H33Cl2N5O/c1-18-17-33(14-13-29-18)25(16-23-3-2-11-30-23)32-22-8-5-20(6-9-22)26(34)31-12-10-19-4-7-21(27)15-24(19)28/h4-9,15-16,18,23,29-30,32H,2-3,10-14,17H2,1H3,(H,31,34)/t18-,23?/m0/s1. The first-order valence-corrected chi connectivity index (χ1v) is 12.8. The van der Waals surface area contributed by atoms with Crippen LogP contribution in [0.5, 0.6) is 0 Å². The van der Waals surface area contributed by atoms with E-state index in [4.69, 9.17) is 23.2 Å². The zero-order valence-corrected chi connectivity index (χ0v) is 21.1. The number of carbonyl (C=O) groups excluding carboxylic acids is 1. The lowest BCUT2D eigenvalue weighted by Gasteiger charge is -2.36. The monoisotopic (exact) mass is 501 g/mol. The van der Waals surface area contributed by atoms with Crippen molar-refractivity contribution in [1.82, 2.24) is 20.9 Å². The normalized spacial score (nSPS) is 20.9. The van der Waals surface area contributed by atoms with Crippen molar-refractivity contribution in [2.24, 2.45) is 0 Å². The lowest BCUT2D eigenvalue weighted by Crippen LogP contribution is -2.49. The van der Waals surface area contributed by atoms with E-state index in [-0.39, 0.29) is 5.91 Å². The van der Waals surface area contributed by atoms with Gasteiger partial charge in [-0.15, -0.1) is 0 Å². The Hall–Kier alpha value is -2.25. The van der Waals surface area contributed by atoms with Crippen molar-refractivity contribution in [1.29, 1.82) is 0 Å². The summed E-state index contributed by atoms with van der Waals surface area (Å²) < 4.78 is 0. The molecule has 0 radical (unpaired) electrons. The van der Waals surface area contributed by atoms with Gasteiger partial charge in [-0.1, -0.05) is 29.3 Å². The molecule has 2 aromatic carbocycles. The van der Waals surface area contributed by atoms with E-state index < -0.39 is 0 Å². The Bertz CT molecular complexity index is 1000. The molecule has 0 saturated carbocycles. The Balaban J connectivity index is 1.35. The molecule has 182 valence electrons. The van der Waals surface area contributed by atoms with Crippen molar-refractivity contribution in [3.8, 4) is 0 Å². The minimum atomic E-state index is -0.0986. The average Bonchev–Trinajstić information content (AvgIpc) is 3.34. The third-order valence-corrected chi connectivity index (χ3v) is 6.87. The second-order valence-electron chi connectivity index (χ2n) is 9.00. The Kier molecular flexibility index (Phi) is 8.73. The van der Waals surface area contributed by atoms with Crippen molar-refractivity contribution in [2.75, 3.05) is 38.0 Å². The Morgan fingerprint density at radius 3 is 2.68 bits per heavy atom. The van der Waals surface area contributed by atoms with E-state index >= 15 is 0 Å². The van der Waals surface area contributed by atoms with Crippen molar-refractivity contribution >= 4 is 34.8 Å². The second kappa shape index (κ2) is 11.9. The molecular weight excluding hydrogens is 469 g/mol. The third-order valence-electron chi connectivity index (χ3n) is 6.28. The van der Waals surface area contributed by atoms with Gasteiger partial charge in [0.25, 0.3) is 5.91 Å². The SMILES string of the molecule is C[C@H]1CN(C(=CC2CCCN2)Nc2ccc(C(=O)NCCc3ccc(Cl)cc3Cl)cc2)CCN1. The fraction of sp³-hybridized carbons (Fsp3) is 0.423. The van der Waals surface area contributed by atoms with Crippen LogP contribution in [-0.4, -0.2) is 55.6 Å². The van der Waals surface area contributed by atoms with Gasteiger partial charge in [-0.3, -0.25) is 4.79 Å². The Morgan fingerprint density at radius 2 is 1.97 bits per heavy atom. The zero-order valence-electron chi connectivity index (χ0n) is 19.5. The van der Waals surface area contributed by atoms with Gasteiger partial charge in [-0.2, -0.15) is 0 Å². The highest BCUT2D eigenvalue weighted by Crippen LogP contribution is 2.21.